The number of hydrogen-bond acceptors (Lipinski definition) is 5. The van der Waals surface area contributed by atoms with E-state index >= 15 is 0 Å². The lowest BCUT2D eigenvalue weighted by atomic mass is 9.95. The van der Waals surface area contributed by atoms with Crippen LogP contribution in [-0.2, 0) is 11.8 Å². The predicted octanol–water partition coefficient (Wildman–Crippen LogP) is 0.443. The van der Waals surface area contributed by atoms with Crippen LogP contribution < -0.4 is 10.8 Å². The van der Waals surface area contributed by atoms with Gasteiger partial charge in [-0.3, -0.25) is 19.5 Å². The molecule has 1 aromatic carbocycles. The van der Waals surface area contributed by atoms with Gasteiger partial charge in [0.1, 0.15) is 6.04 Å². The molecule has 0 aliphatic rings. The average Bonchev–Trinajstić information content (AvgIpc) is 3.13. The Bertz CT molecular complexity index is 1040. The lowest BCUT2D eigenvalue weighted by molar-refractivity contribution is -0.149. The summed E-state index contributed by atoms with van der Waals surface area (Å²) in [6.45, 7) is 0.670. The van der Waals surface area contributed by atoms with Gasteiger partial charge >= 0.3 is 0 Å². The van der Waals surface area contributed by atoms with Crippen molar-refractivity contribution < 1.29 is 28.7 Å². The molecule has 2 amide bonds. The standard InChI is InChI=1S/C20H18F2N4O4/c1-20(29,19(21)22)16(18(28)25-30)24-17(27)15-9-7-13(8-10-15)5-3-4-6-14-11-23-26(2)12-14/h7-12,16,19,29-30H,1-2H3,(H,24,27)(H,25,28)/t16-,20?/m1/s1. The zero-order valence-electron chi connectivity index (χ0n) is 16.0. The Morgan fingerprint density at radius 1 is 1.17 bits per heavy atom. The Hall–Kier alpha value is -3.73. The molecule has 0 spiro atoms. The quantitative estimate of drug-likeness (QED) is 0.321. The summed E-state index contributed by atoms with van der Waals surface area (Å²) in [5.74, 6) is 8.61. The molecule has 2 atom stereocenters. The van der Waals surface area contributed by atoms with Crippen LogP contribution in [-0.4, -0.2) is 50.0 Å². The number of nitrogens with zero attached hydrogens (tertiary/aromatic N) is 2. The van der Waals surface area contributed by atoms with Gasteiger partial charge in [0.05, 0.1) is 11.8 Å². The predicted molar refractivity (Wildman–Crippen MR) is 101 cm³/mol. The van der Waals surface area contributed by atoms with Crippen LogP contribution in [0.1, 0.15) is 28.4 Å². The number of carbonyl (C=O) groups is 2. The zero-order chi connectivity index (χ0) is 22.3. The number of aromatic nitrogens is 2. The van der Waals surface area contributed by atoms with Crippen LogP contribution in [0.3, 0.4) is 0 Å². The van der Waals surface area contributed by atoms with Gasteiger partial charge in [-0.25, -0.2) is 14.3 Å². The van der Waals surface area contributed by atoms with Crippen molar-refractivity contribution in [3.8, 4) is 23.7 Å². The van der Waals surface area contributed by atoms with E-state index in [9.17, 15) is 23.5 Å². The van der Waals surface area contributed by atoms with E-state index < -0.39 is 29.9 Å². The largest absolute Gasteiger partial charge is 0.381 e. The number of benzene rings is 1. The maximum atomic E-state index is 13.0. The number of amides is 2. The number of aryl methyl sites for hydroxylation is 1. The lowest BCUT2D eigenvalue weighted by Crippen LogP contribution is -2.61. The summed E-state index contributed by atoms with van der Waals surface area (Å²) in [5, 5.41) is 24.5. The maximum Gasteiger partial charge on any atom is 0.269 e. The first-order chi connectivity index (χ1) is 14.1. The normalized spacial score (nSPS) is 13.2. The number of carbonyl (C=O) groups excluding carboxylic acids is 2. The number of alkyl halides is 2. The minimum atomic E-state index is -3.36. The van der Waals surface area contributed by atoms with Crippen molar-refractivity contribution in [2.24, 2.45) is 7.05 Å². The molecule has 30 heavy (non-hydrogen) atoms. The van der Waals surface area contributed by atoms with Gasteiger partial charge in [0.2, 0.25) is 0 Å². The molecular formula is C20H18F2N4O4. The molecule has 8 nitrogen and oxygen atoms in total. The van der Waals surface area contributed by atoms with Gasteiger partial charge in [0.25, 0.3) is 18.2 Å². The number of hydroxylamine groups is 1. The van der Waals surface area contributed by atoms with Gasteiger partial charge in [0.15, 0.2) is 5.60 Å². The van der Waals surface area contributed by atoms with Gasteiger partial charge in [-0.2, -0.15) is 5.10 Å². The lowest BCUT2D eigenvalue weighted by Gasteiger charge is -2.30. The van der Waals surface area contributed by atoms with Crippen LogP contribution in [0.4, 0.5) is 8.78 Å². The third kappa shape index (κ3) is 5.64. The molecule has 1 heterocycles. The molecule has 0 saturated carbocycles. The Balaban J connectivity index is 2.10. The van der Waals surface area contributed by atoms with Crippen LogP contribution >= 0.6 is 0 Å². The maximum absolute atomic E-state index is 13.0. The van der Waals surface area contributed by atoms with E-state index in [-0.39, 0.29) is 5.56 Å². The average molecular weight is 416 g/mol. The van der Waals surface area contributed by atoms with Crippen LogP contribution in [0.25, 0.3) is 0 Å². The first kappa shape index (κ1) is 22.6. The van der Waals surface area contributed by atoms with Crippen molar-refractivity contribution in [2.45, 2.75) is 25.0 Å². The van der Waals surface area contributed by atoms with Crippen molar-refractivity contribution in [3.63, 3.8) is 0 Å². The summed E-state index contributed by atoms with van der Waals surface area (Å²) in [4.78, 5) is 23.9. The highest BCUT2D eigenvalue weighted by Gasteiger charge is 2.46. The fourth-order valence-corrected chi connectivity index (χ4v) is 2.28. The minimum absolute atomic E-state index is 0.0304. The number of halogens is 2. The van der Waals surface area contributed by atoms with Crippen molar-refractivity contribution in [3.05, 3.63) is 53.3 Å². The highest BCUT2D eigenvalue weighted by molar-refractivity contribution is 5.97. The number of hydrogen-bond donors (Lipinski definition) is 4. The van der Waals surface area contributed by atoms with E-state index in [1.165, 1.54) is 24.3 Å². The van der Waals surface area contributed by atoms with Crippen molar-refractivity contribution in [1.82, 2.24) is 20.6 Å². The van der Waals surface area contributed by atoms with Crippen molar-refractivity contribution >= 4 is 11.8 Å². The second-order valence-electron chi connectivity index (χ2n) is 6.39. The van der Waals surface area contributed by atoms with Gasteiger partial charge in [-0.05, 0) is 49.0 Å². The molecule has 1 unspecified atom stereocenters. The summed E-state index contributed by atoms with van der Waals surface area (Å²) < 4.78 is 27.7. The molecule has 0 bridgehead atoms. The smallest absolute Gasteiger partial charge is 0.269 e. The third-order valence-electron chi connectivity index (χ3n) is 4.00. The van der Waals surface area contributed by atoms with E-state index in [2.05, 4.69) is 28.8 Å². The zero-order valence-corrected chi connectivity index (χ0v) is 16.0. The Labute approximate surface area is 170 Å². The molecule has 0 aliphatic carbocycles. The van der Waals surface area contributed by atoms with Gasteiger partial charge < -0.3 is 10.4 Å². The monoisotopic (exact) mass is 416 g/mol. The molecule has 4 N–H and O–H groups in total. The molecular weight excluding hydrogens is 398 g/mol. The summed E-state index contributed by atoms with van der Waals surface area (Å²) in [6.07, 6.45) is -0.0270. The summed E-state index contributed by atoms with van der Waals surface area (Å²) >= 11 is 0. The summed E-state index contributed by atoms with van der Waals surface area (Å²) in [7, 11) is 1.77. The fraction of sp³-hybridized carbons (Fsp3) is 0.250. The van der Waals surface area contributed by atoms with Gasteiger partial charge in [-0.1, -0.05) is 5.92 Å². The Kier molecular flexibility index (Phi) is 7.26. The minimum Gasteiger partial charge on any atom is -0.381 e. The number of nitrogens with one attached hydrogen (secondary N) is 2. The molecule has 156 valence electrons. The second-order valence-corrected chi connectivity index (χ2v) is 6.39. The molecule has 10 heteroatoms. The summed E-state index contributed by atoms with van der Waals surface area (Å²) in [5.41, 5.74) is -0.475. The van der Waals surface area contributed by atoms with Crippen LogP contribution in [0, 0.1) is 23.7 Å². The van der Waals surface area contributed by atoms with Crippen molar-refractivity contribution in [2.75, 3.05) is 0 Å². The van der Waals surface area contributed by atoms with E-state index in [0.29, 0.717) is 18.1 Å². The molecule has 1 aromatic heterocycles. The molecule has 0 radical (unpaired) electrons. The Morgan fingerprint density at radius 2 is 1.77 bits per heavy atom. The highest BCUT2D eigenvalue weighted by atomic mass is 19.3. The third-order valence-corrected chi connectivity index (χ3v) is 4.00. The number of rotatable bonds is 5. The molecule has 0 aliphatic heterocycles. The van der Waals surface area contributed by atoms with Crippen LogP contribution in [0.15, 0.2) is 36.7 Å². The summed E-state index contributed by atoms with van der Waals surface area (Å²) in [6, 6.07) is 3.63. The Morgan fingerprint density at radius 3 is 2.27 bits per heavy atom. The van der Waals surface area contributed by atoms with E-state index in [4.69, 9.17) is 5.21 Å². The highest BCUT2D eigenvalue weighted by Crippen LogP contribution is 2.20. The molecule has 2 aromatic rings. The van der Waals surface area contributed by atoms with Crippen LogP contribution in [0.2, 0.25) is 0 Å². The number of aliphatic hydroxyl groups is 1. The SMILES string of the molecule is Cn1cc(C#CC#Cc2ccc(C(=O)N[C@H](C(=O)NO)C(C)(O)C(F)F)cc2)cn1. The second kappa shape index (κ2) is 9.65. The van der Waals surface area contributed by atoms with E-state index in [0.717, 1.165) is 5.48 Å². The van der Waals surface area contributed by atoms with Crippen LogP contribution in [0.5, 0.6) is 0 Å². The van der Waals surface area contributed by atoms with E-state index in [1.807, 2.05) is 5.32 Å². The first-order valence-electron chi connectivity index (χ1n) is 8.51. The van der Waals surface area contributed by atoms with E-state index in [1.54, 1.807) is 24.1 Å². The fourth-order valence-electron chi connectivity index (χ4n) is 2.28. The van der Waals surface area contributed by atoms with Gasteiger partial charge in [0, 0.05) is 24.4 Å². The molecule has 2 rings (SSSR count). The molecule has 0 fully saturated rings. The first-order valence-corrected chi connectivity index (χ1v) is 8.51. The molecule has 0 saturated heterocycles. The van der Waals surface area contributed by atoms with Gasteiger partial charge in [-0.15, -0.1) is 0 Å². The van der Waals surface area contributed by atoms with Crippen molar-refractivity contribution in [1.29, 1.82) is 0 Å². The topological polar surface area (TPSA) is 116 Å².